The minimum absolute atomic E-state index is 0.0359. The lowest BCUT2D eigenvalue weighted by atomic mass is 9.94. The number of hydrogen-bond donors (Lipinski definition) is 2. The van der Waals surface area contributed by atoms with Crippen LogP contribution >= 0.6 is 15.9 Å². The van der Waals surface area contributed by atoms with E-state index >= 15 is 0 Å². The van der Waals surface area contributed by atoms with Crippen LogP contribution in [0.3, 0.4) is 0 Å². The van der Waals surface area contributed by atoms with E-state index in [2.05, 4.69) is 15.9 Å². The molecular weight excluding hydrogens is 244 g/mol. The Bertz CT molecular complexity index is 321. The Balaban J connectivity index is 3.39. The van der Waals surface area contributed by atoms with Crippen LogP contribution in [0.2, 0.25) is 0 Å². The van der Waals surface area contributed by atoms with Crippen LogP contribution in [0.4, 0.5) is 0 Å². The summed E-state index contributed by atoms with van der Waals surface area (Å²) >= 11 is 3.44. The van der Waals surface area contributed by atoms with Gasteiger partial charge in [-0.1, -0.05) is 22.9 Å². The van der Waals surface area contributed by atoms with Crippen molar-refractivity contribution in [2.75, 3.05) is 6.61 Å². The van der Waals surface area contributed by atoms with Crippen LogP contribution in [-0.2, 0) is 0 Å². The van der Waals surface area contributed by atoms with Crippen molar-refractivity contribution >= 4 is 15.9 Å². The molecule has 0 bridgehead atoms. The van der Waals surface area contributed by atoms with E-state index in [0.29, 0.717) is 5.75 Å². The van der Waals surface area contributed by atoms with Crippen LogP contribution in [0.1, 0.15) is 29.5 Å². The first-order valence-electron chi connectivity index (χ1n) is 4.58. The monoisotopic (exact) mass is 258 g/mol. The standard InChI is InChI=1S/C11H15BrO2/c1-6-4-9(12)8(3)10(11(6)14)7(2)5-13/h4,7,13-14H,5H2,1-3H3. The zero-order valence-electron chi connectivity index (χ0n) is 8.63. The van der Waals surface area contributed by atoms with E-state index in [1.807, 2.05) is 26.8 Å². The molecule has 2 nitrogen and oxygen atoms in total. The van der Waals surface area contributed by atoms with Crippen LogP contribution in [0.25, 0.3) is 0 Å². The summed E-state index contributed by atoms with van der Waals surface area (Å²) in [5.41, 5.74) is 2.66. The number of aliphatic hydroxyl groups excluding tert-OH is 1. The Kier molecular flexibility index (Phi) is 3.56. The number of benzene rings is 1. The predicted octanol–water partition coefficient (Wildman–Crippen LogP) is 2.87. The van der Waals surface area contributed by atoms with Gasteiger partial charge in [0.2, 0.25) is 0 Å². The lowest BCUT2D eigenvalue weighted by molar-refractivity contribution is 0.270. The Hall–Kier alpha value is -0.540. The molecule has 0 saturated heterocycles. The maximum atomic E-state index is 9.87. The summed E-state index contributed by atoms with van der Waals surface area (Å²) in [6.45, 7) is 5.73. The average molecular weight is 259 g/mol. The van der Waals surface area contributed by atoms with Crippen molar-refractivity contribution in [2.24, 2.45) is 0 Å². The van der Waals surface area contributed by atoms with Crippen LogP contribution in [0.15, 0.2) is 10.5 Å². The second kappa shape index (κ2) is 4.32. The minimum Gasteiger partial charge on any atom is -0.507 e. The van der Waals surface area contributed by atoms with E-state index in [1.54, 1.807) is 0 Å². The van der Waals surface area contributed by atoms with E-state index in [9.17, 15) is 5.11 Å². The fraction of sp³-hybridized carbons (Fsp3) is 0.455. The SMILES string of the molecule is Cc1cc(Br)c(C)c(C(C)CO)c1O. The molecule has 14 heavy (non-hydrogen) atoms. The van der Waals surface area contributed by atoms with Gasteiger partial charge in [0, 0.05) is 22.6 Å². The van der Waals surface area contributed by atoms with Gasteiger partial charge in [-0.15, -0.1) is 0 Å². The molecule has 78 valence electrons. The molecule has 1 aromatic carbocycles. The van der Waals surface area contributed by atoms with Gasteiger partial charge in [0.1, 0.15) is 5.75 Å². The quantitative estimate of drug-likeness (QED) is 0.857. The van der Waals surface area contributed by atoms with E-state index in [0.717, 1.165) is 21.2 Å². The number of halogens is 1. The molecule has 0 radical (unpaired) electrons. The molecule has 0 fully saturated rings. The fourth-order valence-electron chi connectivity index (χ4n) is 1.58. The number of aryl methyl sites for hydroxylation is 1. The van der Waals surface area contributed by atoms with E-state index in [1.165, 1.54) is 0 Å². The summed E-state index contributed by atoms with van der Waals surface area (Å²) in [4.78, 5) is 0. The van der Waals surface area contributed by atoms with Gasteiger partial charge in [0.05, 0.1) is 0 Å². The zero-order chi connectivity index (χ0) is 10.9. The van der Waals surface area contributed by atoms with Crippen molar-refractivity contribution in [2.45, 2.75) is 26.7 Å². The Labute approximate surface area is 92.7 Å². The van der Waals surface area contributed by atoms with Crippen molar-refractivity contribution in [3.8, 4) is 5.75 Å². The molecular formula is C11H15BrO2. The van der Waals surface area contributed by atoms with Gasteiger partial charge in [0.25, 0.3) is 0 Å². The fourth-order valence-corrected chi connectivity index (χ4v) is 2.14. The highest BCUT2D eigenvalue weighted by atomic mass is 79.9. The first-order chi connectivity index (χ1) is 6.49. The smallest absolute Gasteiger partial charge is 0.122 e. The normalized spacial score (nSPS) is 12.9. The highest BCUT2D eigenvalue weighted by Crippen LogP contribution is 2.35. The lowest BCUT2D eigenvalue weighted by Crippen LogP contribution is -2.03. The molecule has 0 spiro atoms. The number of hydrogen-bond acceptors (Lipinski definition) is 2. The van der Waals surface area contributed by atoms with Gasteiger partial charge >= 0.3 is 0 Å². The molecule has 1 atom stereocenters. The molecule has 0 amide bonds. The number of aromatic hydroxyl groups is 1. The summed E-state index contributed by atoms with van der Waals surface area (Å²) in [5, 5.41) is 19.0. The van der Waals surface area contributed by atoms with Crippen LogP contribution in [0, 0.1) is 13.8 Å². The molecule has 0 aromatic heterocycles. The van der Waals surface area contributed by atoms with Crippen molar-refractivity contribution in [3.63, 3.8) is 0 Å². The Morgan fingerprint density at radius 1 is 1.43 bits per heavy atom. The molecule has 0 heterocycles. The number of phenolic OH excluding ortho intramolecular Hbond substituents is 1. The third-order valence-corrected chi connectivity index (χ3v) is 3.32. The Morgan fingerprint density at radius 2 is 2.00 bits per heavy atom. The van der Waals surface area contributed by atoms with Crippen molar-refractivity contribution < 1.29 is 10.2 Å². The largest absolute Gasteiger partial charge is 0.507 e. The first kappa shape index (κ1) is 11.5. The second-order valence-corrected chi connectivity index (χ2v) is 4.50. The summed E-state index contributed by atoms with van der Waals surface area (Å²) in [6, 6.07) is 1.89. The average Bonchev–Trinajstić information content (AvgIpc) is 2.15. The highest BCUT2D eigenvalue weighted by molar-refractivity contribution is 9.10. The van der Waals surface area contributed by atoms with Gasteiger partial charge in [-0.2, -0.15) is 0 Å². The topological polar surface area (TPSA) is 40.5 Å². The zero-order valence-corrected chi connectivity index (χ0v) is 10.2. The summed E-state index contributed by atoms with van der Waals surface area (Å²) < 4.78 is 0.975. The van der Waals surface area contributed by atoms with Crippen molar-refractivity contribution in [1.29, 1.82) is 0 Å². The maximum Gasteiger partial charge on any atom is 0.122 e. The van der Waals surface area contributed by atoms with Gasteiger partial charge < -0.3 is 10.2 Å². The van der Waals surface area contributed by atoms with Gasteiger partial charge in [-0.25, -0.2) is 0 Å². The molecule has 0 aliphatic carbocycles. The van der Waals surface area contributed by atoms with Crippen molar-refractivity contribution in [1.82, 2.24) is 0 Å². The maximum absolute atomic E-state index is 9.87. The molecule has 0 aliphatic rings. The van der Waals surface area contributed by atoms with E-state index in [4.69, 9.17) is 5.11 Å². The summed E-state index contributed by atoms with van der Waals surface area (Å²) in [6.07, 6.45) is 0. The molecule has 1 aromatic rings. The molecule has 0 aliphatic heterocycles. The number of phenols is 1. The summed E-state index contributed by atoms with van der Waals surface area (Å²) in [5.74, 6) is 0.262. The molecule has 1 unspecified atom stereocenters. The molecule has 0 saturated carbocycles. The summed E-state index contributed by atoms with van der Waals surface area (Å²) in [7, 11) is 0. The molecule has 2 N–H and O–H groups in total. The van der Waals surface area contributed by atoms with E-state index < -0.39 is 0 Å². The molecule has 3 heteroatoms. The lowest BCUT2D eigenvalue weighted by Gasteiger charge is -2.17. The predicted molar refractivity (Wildman–Crippen MR) is 60.8 cm³/mol. The first-order valence-corrected chi connectivity index (χ1v) is 5.37. The van der Waals surface area contributed by atoms with E-state index in [-0.39, 0.29) is 12.5 Å². The van der Waals surface area contributed by atoms with Crippen molar-refractivity contribution in [3.05, 3.63) is 27.2 Å². The van der Waals surface area contributed by atoms with Gasteiger partial charge in [-0.05, 0) is 31.0 Å². The third kappa shape index (κ3) is 1.93. The second-order valence-electron chi connectivity index (χ2n) is 3.65. The third-order valence-electron chi connectivity index (χ3n) is 2.50. The van der Waals surface area contributed by atoms with Crippen LogP contribution in [0.5, 0.6) is 5.75 Å². The molecule has 1 rings (SSSR count). The number of rotatable bonds is 2. The Morgan fingerprint density at radius 3 is 2.50 bits per heavy atom. The minimum atomic E-state index is -0.0359. The van der Waals surface area contributed by atoms with Gasteiger partial charge in [0.15, 0.2) is 0 Å². The van der Waals surface area contributed by atoms with Gasteiger partial charge in [-0.3, -0.25) is 0 Å². The highest BCUT2D eigenvalue weighted by Gasteiger charge is 2.16. The van der Waals surface area contributed by atoms with Crippen LogP contribution < -0.4 is 0 Å². The number of aliphatic hydroxyl groups is 1. The van der Waals surface area contributed by atoms with Crippen LogP contribution in [-0.4, -0.2) is 16.8 Å².